The molecule has 1 rings (SSSR count). The number of hydrogen-bond acceptors (Lipinski definition) is 4. The molecule has 0 aromatic carbocycles. The molecular weight excluding hydrogens is 258 g/mol. The zero-order valence-corrected chi connectivity index (χ0v) is 13.2. The Labute approximate surface area is 121 Å². The van der Waals surface area contributed by atoms with Crippen LogP contribution in [0.25, 0.3) is 0 Å². The fraction of sp³-hybridized carbons (Fsp3) is 0.857. The van der Waals surface area contributed by atoms with Gasteiger partial charge >= 0.3 is 0 Å². The van der Waals surface area contributed by atoms with E-state index in [1.807, 2.05) is 32.8 Å². The van der Waals surface area contributed by atoms with E-state index in [1.54, 1.807) is 11.8 Å². The number of ether oxygens (including phenoxy) is 1. The van der Waals surface area contributed by atoms with Crippen molar-refractivity contribution in [3.05, 3.63) is 0 Å². The van der Waals surface area contributed by atoms with Crippen molar-refractivity contribution in [2.75, 3.05) is 40.4 Å². The van der Waals surface area contributed by atoms with Gasteiger partial charge in [0.1, 0.15) is 12.1 Å². The van der Waals surface area contributed by atoms with Gasteiger partial charge in [-0.2, -0.15) is 0 Å². The lowest BCUT2D eigenvalue weighted by molar-refractivity contribution is -0.150. The Morgan fingerprint density at radius 2 is 1.95 bits per heavy atom. The van der Waals surface area contributed by atoms with Gasteiger partial charge in [-0.05, 0) is 26.9 Å². The minimum atomic E-state index is -0.421. The number of rotatable bonds is 7. The number of hydrogen-bond donors (Lipinski definition) is 1. The van der Waals surface area contributed by atoms with Crippen molar-refractivity contribution in [2.24, 2.45) is 5.92 Å². The summed E-state index contributed by atoms with van der Waals surface area (Å²) in [6.07, 6.45) is 0. The summed E-state index contributed by atoms with van der Waals surface area (Å²) < 4.78 is 5.51. The first-order chi connectivity index (χ1) is 9.34. The summed E-state index contributed by atoms with van der Waals surface area (Å²) in [4.78, 5) is 27.9. The van der Waals surface area contributed by atoms with Crippen LogP contribution in [0.4, 0.5) is 0 Å². The quantitative estimate of drug-likeness (QED) is 0.666. The molecule has 116 valence electrons. The number of carbonyl (C=O) groups is 2. The minimum Gasteiger partial charge on any atom is -0.378 e. The maximum Gasteiger partial charge on any atom is 0.246 e. The largest absolute Gasteiger partial charge is 0.378 e. The molecule has 2 amide bonds. The number of piperazine rings is 1. The van der Waals surface area contributed by atoms with Crippen LogP contribution in [0, 0.1) is 5.92 Å². The lowest BCUT2D eigenvalue weighted by Crippen LogP contribution is -2.64. The van der Waals surface area contributed by atoms with Crippen LogP contribution in [-0.2, 0) is 14.3 Å². The van der Waals surface area contributed by atoms with Crippen molar-refractivity contribution in [3.8, 4) is 0 Å². The Kier molecular flexibility index (Phi) is 6.42. The van der Waals surface area contributed by atoms with Crippen molar-refractivity contribution in [2.45, 2.75) is 32.9 Å². The van der Waals surface area contributed by atoms with Crippen LogP contribution in [0.15, 0.2) is 0 Å². The molecule has 0 bridgehead atoms. The highest BCUT2D eigenvalue weighted by Crippen LogP contribution is 2.14. The molecule has 1 aliphatic rings. The van der Waals surface area contributed by atoms with E-state index in [9.17, 15) is 9.59 Å². The summed E-state index contributed by atoms with van der Waals surface area (Å²) >= 11 is 0. The van der Waals surface area contributed by atoms with Crippen LogP contribution in [0.3, 0.4) is 0 Å². The summed E-state index contributed by atoms with van der Waals surface area (Å²) in [7, 11) is 3.97. The predicted molar refractivity (Wildman–Crippen MR) is 77.3 cm³/mol. The second kappa shape index (κ2) is 7.59. The van der Waals surface area contributed by atoms with Crippen molar-refractivity contribution in [1.29, 1.82) is 0 Å². The topological polar surface area (TPSA) is 61.9 Å². The lowest BCUT2D eigenvalue weighted by atomic mass is 9.98. The zero-order chi connectivity index (χ0) is 15.3. The third-order valence-corrected chi connectivity index (χ3v) is 3.52. The van der Waals surface area contributed by atoms with Crippen LogP contribution in [0.5, 0.6) is 0 Å². The average molecular weight is 285 g/mol. The van der Waals surface area contributed by atoms with Crippen LogP contribution in [-0.4, -0.2) is 74.1 Å². The Balaban J connectivity index is 2.48. The fourth-order valence-corrected chi connectivity index (χ4v) is 2.11. The van der Waals surface area contributed by atoms with Gasteiger partial charge in [-0.15, -0.1) is 0 Å². The molecule has 2 unspecified atom stereocenters. The molecule has 1 N–H and O–H groups in total. The fourth-order valence-electron chi connectivity index (χ4n) is 2.11. The number of nitrogens with zero attached hydrogens (tertiary/aromatic N) is 2. The SMILES string of the molecule is CC(C)C1NC(=O)C(C)N(CCOCCN(C)C)C1=O. The zero-order valence-electron chi connectivity index (χ0n) is 13.2. The molecule has 1 fully saturated rings. The smallest absolute Gasteiger partial charge is 0.246 e. The van der Waals surface area contributed by atoms with Gasteiger partial charge in [-0.1, -0.05) is 13.8 Å². The Hall–Kier alpha value is -1.14. The number of amides is 2. The molecule has 2 atom stereocenters. The molecule has 0 aromatic heterocycles. The molecule has 1 heterocycles. The van der Waals surface area contributed by atoms with Crippen molar-refractivity contribution >= 4 is 11.8 Å². The highest BCUT2D eigenvalue weighted by molar-refractivity contribution is 5.96. The maximum atomic E-state index is 12.3. The van der Waals surface area contributed by atoms with E-state index in [0.717, 1.165) is 6.54 Å². The standard InChI is InChI=1S/C14H27N3O3/c1-10(2)12-14(19)17(11(3)13(18)15-12)7-9-20-8-6-16(4)5/h10-12H,6-9H2,1-5H3,(H,15,18). The van der Waals surface area contributed by atoms with Gasteiger partial charge in [0.15, 0.2) is 0 Å². The van der Waals surface area contributed by atoms with Crippen LogP contribution >= 0.6 is 0 Å². The van der Waals surface area contributed by atoms with E-state index in [4.69, 9.17) is 4.74 Å². The normalized spacial score (nSPS) is 23.6. The Morgan fingerprint density at radius 1 is 1.30 bits per heavy atom. The average Bonchev–Trinajstić information content (AvgIpc) is 2.36. The number of likely N-dealkylation sites (N-methyl/N-ethyl adjacent to an activating group) is 1. The number of carbonyl (C=O) groups excluding carboxylic acids is 2. The highest BCUT2D eigenvalue weighted by Gasteiger charge is 2.38. The van der Waals surface area contributed by atoms with Gasteiger partial charge in [0.05, 0.1) is 13.2 Å². The second-order valence-corrected chi connectivity index (χ2v) is 5.85. The molecule has 0 radical (unpaired) electrons. The summed E-state index contributed by atoms with van der Waals surface area (Å²) in [5.41, 5.74) is 0. The lowest BCUT2D eigenvalue weighted by Gasteiger charge is -2.38. The third kappa shape index (κ3) is 4.45. The van der Waals surface area contributed by atoms with Gasteiger partial charge in [-0.25, -0.2) is 0 Å². The van der Waals surface area contributed by atoms with Crippen molar-refractivity contribution < 1.29 is 14.3 Å². The van der Waals surface area contributed by atoms with Gasteiger partial charge in [0.25, 0.3) is 0 Å². The summed E-state index contributed by atoms with van der Waals surface area (Å²) in [5.74, 6) is -0.00369. The molecule has 6 heteroatoms. The van der Waals surface area contributed by atoms with Gasteiger partial charge < -0.3 is 19.9 Å². The van der Waals surface area contributed by atoms with E-state index in [-0.39, 0.29) is 17.7 Å². The van der Waals surface area contributed by atoms with Crippen LogP contribution in [0.1, 0.15) is 20.8 Å². The molecule has 0 saturated carbocycles. The molecule has 0 aliphatic carbocycles. The highest BCUT2D eigenvalue weighted by atomic mass is 16.5. The van der Waals surface area contributed by atoms with E-state index < -0.39 is 12.1 Å². The van der Waals surface area contributed by atoms with Gasteiger partial charge in [0.2, 0.25) is 11.8 Å². The van der Waals surface area contributed by atoms with E-state index in [0.29, 0.717) is 19.8 Å². The molecule has 1 aliphatic heterocycles. The van der Waals surface area contributed by atoms with Crippen molar-refractivity contribution in [1.82, 2.24) is 15.1 Å². The third-order valence-electron chi connectivity index (χ3n) is 3.52. The first-order valence-electron chi connectivity index (χ1n) is 7.18. The molecule has 1 saturated heterocycles. The van der Waals surface area contributed by atoms with Crippen LogP contribution in [0.2, 0.25) is 0 Å². The first kappa shape index (κ1) is 16.9. The van der Waals surface area contributed by atoms with E-state index in [2.05, 4.69) is 5.32 Å². The second-order valence-electron chi connectivity index (χ2n) is 5.85. The Morgan fingerprint density at radius 3 is 2.50 bits per heavy atom. The monoisotopic (exact) mass is 285 g/mol. The van der Waals surface area contributed by atoms with Crippen molar-refractivity contribution in [3.63, 3.8) is 0 Å². The first-order valence-corrected chi connectivity index (χ1v) is 7.18. The predicted octanol–water partition coefficient (Wildman–Crippen LogP) is -0.0639. The summed E-state index contributed by atoms with van der Waals surface area (Å²) in [5, 5.41) is 2.78. The number of nitrogens with one attached hydrogen (secondary N) is 1. The van der Waals surface area contributed by atoms with Crippen LogP contribution < -0.4 is 5.32 Å². The molecular formula is C14H27N3O3. The van der Waals surface area contributed by atoms with E-state index in [1.165, 1.54) is 0 Å². The molecule has 0 aromatic rings. The molecule has 20 heavy (non-hydrogen) atoms. The maximum absolute atomic E-state index is 12.3. The van der Waals surface area contributed by atoms with E-state index >= 15 is 0 Å². The van der Waals surface area contributed by atoms with Gasteiger partial charge in [-0.3, -0.25) is 9.59 Å². The minimum absolute atomic E-state index is 0.0108. The molecule has 6 nitrogen and oxygen atoms in total. The Bertz CT molecular complexity index is 345. The van der Waals surface area contributed by atoms with Gasteiger partial charge in [0, 0.05) is 13.1 Å². The summed E-state index contributed by atoms with van der Waals surface area (Å²) in [6.45, 7) is 8.02. The molecule has 0 spiro atoms. The summed E-state index contributed by atoms with van der Waals surface area (Å²) in [6, 6.07) is -0.838.